The Labute approximate surface area is 185 Å². The molecule has 2 aromatic rings. The van der Waals surface area contributed by atoms with Crippen molar-refractivity contribution in [2.75, 3.05) is 26.2 Å². The summed E-state index contributed by atoms with van der Waals surface area (Å²) in [6.07, 6.45) is -3.35. The van der Waals surface area contributed by atoms with Crippen molar-refractivity contribution in [1.29, 1.82) is 0 Å². The van der Waals surface area contributed by atoms with Crippen molar-refractivity contribution in [3.8, 4) is 11.5 Å². The van der Waals surface area contributed by atoms with E-state index in [4.69, 9.17) is 9.15 Å². The second-order valence-corrected chi connectivity index (χ2v) is 8.14. The maximum atomic E-state index is 14.1. The number of hydrogen-bond donors (Lipinski definition) is 4. The molecule has 0 saturated carbocycles. The predicted molar refractivity (Wildman–Crippen MR) is 111 cm³/mol. The van der Waals surface area contributed by atoms with Crippen molar-refractivity contribution in [1.82, 2.24) is 9.88 Å². The predicted octanol–water partition coefficient (Wildman–Crippen LogP) is 1.26. The SMILES string of the molecule is O[C@H]1[C@H](O)[C@@H](O)CN(CCCCC(F)COCc2coc(-c3cccc(F)c3)n2)C[C@@H]1O. The van der Waals surface area contributed by atoms with Crippen molar-refractivity contribution in [3.05, 3.63) is 42.0 Å². The highest BCUT2D eigenvalue weighted by molar-refractivity contribution is 5.52. The number of rotatable bonds is 10. The Morgan fingerprint density at radius 1 is 1.12 bits per heavy atom. The first kappa shape index (κ1) is 24.7. The number of β-amino-alcohol motifs (C(OH)–C–C–N with tert-alkyl or cyclic N) is 2. The molecular formula is C22H30F2N2O6. The summed E-state index contributed by atoms with van der Waals surface area (Å²) >= 11 is 0. The topological polar surface area (TPSA) is 119 Å². The van der Waals surface area contributed by atoms with Gasteiger partial charge in [-0.25, -0.2) is 13.8 Å². The van der Waals surface area contributed by atoms with Crippen LogP contribution >= 0.6 is 0 Å². The van der Waals surface area contributed by atoms with Crippen LogP contribution in [0.25, 0.3) is 11.5 Å². The second kappa shape index (κ2) is 11.8. The van der Waals surface area contributed by atoms with E-state index in [1.165, 1.54) is 18.4 Å². The van der Waals surface area contributed by atoms with E-state index in [9.17, 15) is 29.2 Å². The average molecular weight is 456 g/mol. The molecule has 10 heteroatoms. The lowest BCUT2D eigenvalue weighted by Crippen LogP contribution is -2.43. The summed E-state index contributed by atoms with van der Waals surface area (Å²) in [6.45, 7) is 0.748. The highest BCUT2D eigenvalue weighted by Crippen LogP contribution is 2.20. The Morgan fingerprint density at radius 3 is 2.53 bits per heavy atom. The Balaban J connectivity index is 1.32. The van der Waals surface area contributed by atoms with Gasteiger partial charge in [0, 0.05) is 18.7 Å². The zero-order valence-corrected chi connectivity index (χ0v) is 17.7. The number of aliphatic hydroxyl groups excluding tert-OH is 4. The van der Waals surface area contributed by atoms with Crippen molar-refractivity contribution >= 4 is 0 Å². The molecule has 5 atom stereocenters. The van der Waals surface area contributed by atoms with E-state index in [-0.39, 0.29) is 38.6 Å². The molecule has 178 valence electrons. The minimum absolute atomic E-state index is 0.0768. The number of nitrogens with zero attached hydrogens (tertiary/aromatic N) is 2. The second-order valence-electron chi connectivity index (χ2n) is 8.14. The normalized spacial score (nSPS) is 25.6. The Bertz CT molecular complexity index is 822. The minimum atomic E-state index is -1.39. The van der Waals surface area contributed by atoms with Gasteiger partial charge in [-0.15, -0.1) is 0 Å². The van der Waals surface area contributed by atoms with Crippen molar-refractivity contribution in [3.63, 3.8) is 0 Å². The van der Waals surface area contributed by atoms with Gasteiger partial charge in [0.25, 0.3) is 0 Å². The first-order valence-electron chi connectivity index (χ1n) is 10.7. The number of aromatic nitrogens is 1. The number of alkyl halides is 1. The summed E-state index contributed by atoms with van der Waals surface area (Å²) < 4.78 is 38.1. The van der Waals surface area contributed by atoms with Gasteiger partial charge in [0.1, 0.15) is 36.2 Å². The average Bonchev–Trinajstić information content (AvgIpc) is 3.21. The third-order valence-corrected chi connectivity index (χ3v) is 5.44. The van der Waals surface area contributed by atoms with E-state index in [0.29, 0.717) is 30.6 Å². The van der Waals surface area contributed by atoms with E-state index in [1.807, 2.05) is 0 Å². The third-order valence-electron chi connectivity index (χ3n) is 5.44. The van der Waals surface area contributed by atoms with Gasteiger partial charge in [-0.2, -0.15) is 0 Å². The zero-order chi connectivity index (χ0) is 23.1. The molecule has 1 aliphatic rings. The maximum Gasteiger partial charge on any atom is 0.226 e. The van der Waals surface area contributed by atoms with E-state index in [0.717, 1.165) is 0 Å². The molecule has 1 aromatic carbocycles. The fraction of sp³-hybridized carbons (Fsp3) is 0.591. The highest BCUT2D eigenvalue weighted by Gasteiger charge is 2.35. The standard InChI is InChI=1S/C22H30F2N2O6/c23-15-6-3-4-14(8-15)22-25-17(13-32-22)12-31-11-16(24)5-1-2-7-26-9-18(27)20(29)21(30)19(28)10-26/h3-4,6,8,13,16,18-21,27-30H,1-2,5,7,9-12H2/t16?,18-,19-,20+,21+/m0/s1. The molecule has 0 bridgehead atoms. The number of oxazole rings is 1. The highest BCUT2D eigenvalue weighted by atomic mass is 19.1. The Hall–Kier alpha value is -1.95. The number of ether oxygens (including phenoxy) is 1. The molecule has 1 aromatic heterocycles. The third kappa shape index (κ3) is 7.03. The molecule has 1 fully saturated rings. The van der Waals surface area contributed by atoms with Crippen LogP contribution in [0.3, 0.4) is 0 Å². The number of unbranched alkanes of at least 4 members (excludes halogenated alkanes) is 1. The van der Waals surface area contributed by atoms with Crippen LogP contribution in [-0.2, 0) is 11.3 Å². The number of likely N-dealkylation sites (tertiary alicyclic amines) is 1. The van der Waals surface area contributed by atoms with Gasteiger partial charge in [0.2, 0.25) is 5.89 Å². The van der Waals surface area contributed by atoms with Gasteiger partial charge in [-0.3, -0.25) is 4.90 Å². The monoisotopic (exact) mass is 456 g/mol. The molecule has 8 nitrogen and oxygen atoms in total. The van der Waals surface area contributed by atoms with E-state index in [2.05, 4.69) is 4.98 Å². The van der Waals surface area contributed by atoms with Crippen molar-refractivity contribution in [2.24, 2.45) is 0 Å². The molecule has 0 spiro atoms. The van der Waals surface area contributed by atoms with Gasteiger partial charge in [-0.05, 0) is 44.0 Å². The number of hydrogen-bond acceptors (Lipinski definition) is 8. The smallest absolute Gasteiger partial charge is 0.226 e. The van der Waals surface area contributed by atoms with Gasteiger partial charge >= 0.3 is 0 Å². The van der Waals surface area contributed by atoms with Crippen molar-refractivity contribution < 1.29 is 38.4 Å². The van der Waals surface area contributed by atoms with E-state index < -0.39 is 36.4 Å². The van der Waals surface area contributed by atoms with Crippen LogP contribution in [0.4, 0.5) is 8.78 Å². The van der Waals surface area contributed by atoms with Crippen molar-refractivity contribution in [2.45, 2.75) is 56.5 Å². The zero-order valence-electron chi connectivity index (χ0n) is 17.7. The number of aliphatic hydroxyl groups is 4. The molecule has 2 heterocycles. The van der Waals surface area contributed by atoms with Crippen LogP contribution < -0.4 is 0 Å². The number of benzene rings is 1. The molecule has 1 aliphatic heterocycles. The van der Waals surface area contributed by atoms with Crippen LogP contribution in [0.15, 0.2) is 34.9 Å². The maximum absolute atomic E-state index is 14.1. The minimum Gasteiger partial charge on any atom is -0.444 e. The fourth-order valence-corrected chi connectivity index (χ4v) is 3.66. The van der Waals surface area contributed by atoms with Crippen LogP contribution in [-0.4, -0.2) is 87.1 Å². The molecule has 0 aliphatic carbocycles. The lowest BCUT2D eigenvalue weighted by Gasteiger charge is -2.23. The lowest BCUT2D eigenvalue weighted by molar-refractivity contribution is -0.0894. The van der Waals surface area contributed by atoms with Crippen LogP contribution in [0.5, 0.6) is 0 Å². The molecule has 4 N–H and O–H groups in total. The quantitative estimate of drug-likeness (QED) is 0.395. The molecule has 0 radical (unpaired) electrons. The first-order valence-corrected chi connectivity index (χ1v) is 10.7. The Kier molecular flexibility index (Phi) is 9.09. The van der Waals surface area contributed by atoms with Crippen LogP contribution in [0.1, 0.15) is 25.0 Å². The summed E-state index contributed by atoms with van der Waals surface area (Å²) in [5.74, 6) is -0.124. The fourth-order valence-electron chi connectivity index (χ4n) is 3.66. The molecule has 1 saturated heterocycles. The molecule has 32 heavy (non-hydrogen) atoms. The van der Waals surface area contributed by atoms with E-state index >= 15 is 0 Å². The van der Waals surface area contributed by atoms with Gasteiger partial charge in [0.05, 0.1) is 25.4 Å². The van der Waals surface area contributed by atoms with Crippen LogP contribution in [0.2, 0.25) is 0 Å². The van der Waals surface area contributed by atoms with Gasteiger partial charge < -0.3 is 29.6 Å². The molecule has 3 rings (SSSR count). The summed E-state index contributed by atoms with van der Waals surface area (Å²) in [7, 11) is 0. The van der Waals surface area contributed by atoms with Gasteiger partial charge in [-0.1, -0.05) is 6.07 Å². The molecule has 0 amide bonds. The molecular weight excluding hydrogens is 426 g/mol. The lowest BCUT2D eigenvalue weighted by atomic mass is 10.1. The summed E-state index contributed by atoms with van der Waals surface area (Å²) in [6, 6.07) is 5.87. The largest absolute Gasteiger partial charge is 0.444 e. The Morgan fingerprint density at radius 2 is 1.84 bits per heavy atom. The molecule has 1 unspecified atom stereocenters. The first-order chi connectivity index (χ1) is 15.3. The van der Waals surface area contributed by atoms with Crippen LogP contribution in [0, 0.1) is 5.82 Å². The van der Waals surface area contributed by atoms with Gasteiger partial charge in [0.15, 0.2) is 0 Å². The summed E-state index contributed by atoms with van der Waals surface area (Å²) in [5, 5.41) is 39.2. The van der Waals surface area contributed by atoms with E-state index in [1.54, 1.807) is 17.0 Å². The summed E-state index contributed by atoms with van der Waals surface area (Å²) in [5.41, 5.74) is 0.993. The summed E-state index contributed by atoms with van der Waals surface area (Å²) in [4.78, 5) is 5.96. The number of halogens is 2.